The molecule has 3 aromatic rings. The Morgan fingerprint density at radius 1 is 0.596 bits per heavy atom. The first-order valence-electron chi connectivity index (χ1n) is 16.3. The van der Waals surface area contributed by atoms with E-state index in [1.165, 1.54) is 60.7 Å². The molecule has 4 amide bonds. The summed E-state index contributed by atoms with van der Waals surface area (Å²) in [5, 5.41) is 5.06. The van der Waals surface area contributed by atoms with E-state index in [9.17, 15) is 38.4 Å². The van der Waals surface area contributed by atoms with Crippen molar-refractivity contribution in [2.24, 2.45) is 5.92 Å². The summed E-state index contributed by atoms with van der Waals surface area (Å²) >= 11 is 0. The number of nitrogens with one attached hydrogen (secondary N) is 2. The number of imide groups is 1. The van der Waals surface area contributed by atoms with Gasteiger partial charge < -0.3 is 29.6 Å². The zero-order chi connectivity index (χ0) is 37.9. The highest BCUT2D eigenvalue weighted by Crippen LogP contribution is 2.29. The number of hydrogen-bond acceptors (Lipinski definition) is 12. The van der Waals surface area contributed by atoms with E-state index in [-0.39, 0.29) is 47.8 Å². The lowest BCUT2D eigenvalue weighted by Crippen LogP contribution is -2.46. The average molecular weight is 716 g/mol. The third kappa shape index (κ3) is 9.65. The molecule has 0 spiro atoms. The second-order valence-corrected chi connectivity index (χ2v) is 11.8. The summed E-state index contributed by atoms with van der Waals surface area (Å²) in [5.41, 5.74) is 0.906. The molecule has 0 bridgehead atoms. The van der Waals surface area contributed by atoms with Crippen LogP contribution in [0.1, 0.15) is 85.9 Å². The predicted molar refractivity (Wildman–Crippen MR) is 183 cm³/mol. The highest BCUT2D eigenvalue weighted by atomic mass is 16.5. The van der Waals surface area contributed by atoms with Gasteiger partial charge in [-0.15, -0.1) is 0 Å². The summed E-state index contributed by atoms with van der Waals surface area (Å²) in [7, 11) is 0. The minimum absolute atomic E-state index is 0.0246. The minimum Gasteiger partial charge on any atom is -0.462 e. The molecule has 0 radical (unpaired) electrons. The molecule has 1 heterocycles. The summed E-state index contributed by atoms with van der Waals surface area (Å²) in [5.74, 6) is -6.17. The first kappa shape index (κ1) is 38.4. The highest BCUT2D eigenvalue weighted by Gasteiger charge is 2.44. The Morgan fingerprint density at radius 2 is 1.04 bits per heavy atom. The van der Waals surface area contributed by atoms with Gasteiger partial charge in [-0.1, -0.05) is 13.8 Å². The van der Waals surface area contributed by atoms with Crippen molar-refractivity contribution in [1.82, 2.24) is 4.90 Å². The molecule has 1 aliphatic rings. The van der Waals surface area contributed by atoms with Crippen LogP contribution in [0, 0.1) is 5.92 Å². The first-order chi connectivity index (χ1) is 24.8. The Morgan fingerprint density at radius 3 is 1.52 bits per heavy atom. The maximum Gasteiger partial charge on any atom is 0.338 e. The van der Waals surface area contributed by atoms with E-state index in [0.29, 0.717) is 16.9 Å². The largest absolute Gasteiger partial charge is 0.462 e. The van der Waals surface area contributed by atoms with Gasteiger partial charge in [0.25, 0.3) is 23.6 Å². The van der Waals surface area contributed by atoms with Crippen LogP contribution in [0.15, 0.2) is 66.7 Å². The van der Waals surface area contributed by atoms with Gasteiger partial charge in [-0.25, -0.2) is 19.2 Å². The number of nitrogens with zero attached hydrogens (tertiary/aromatic N) is 1. The topological polar surface area (TPSA) is 201 Å². The zero-order valence-corrected chi connectivity index (χ0v) is 28.9. The maximum atomic E-state index is 13.5. The summed E-state index contributed by atoms with van der Waals surface area (Å²) in [6.07, 6.45) is 0.0246. The molecule has 15 nitrogen and oxygen atoms in total. The number of amides is 4. The fraction of sp³-hybridized carbons (Fsp3) is 0.297. The van der Waals surface area contributed by atoms with Crippen molar-refractivity contribution in [3.63, 3.8) is 0 Å². The van der Waals surface area contributed by atoms with Gasteiger partial charge in [0.2, 0.25) is 0 Å². The Labute approximate surface area is 298 Å². The summed E-state index contributed by atoms with van der Waals surface area (Å²) in [6.45, 7) is 5.92. The van der Waals surface area contributed by atoms with Gasteiger partial charge in [-0.05, 0) is 92.9 Å². The number of carbonyl (C=O) groups is 8. The van der Waals surface area contributed by atoms with E-state index >= 15 is 0 Å². The molecule has 0 saturated heterocycles. The summed E-state index contributed by atoms with van der Waals surface area (Å²) in [6, 6.07) is 14.0. The Balaban J connectivity index is 1.36. The highest BCUT2D eigenvalue weighted by molar-refractivity contribution is 6.23. The van der Waals surface area contributed by atoms with Crippen LogP contribution < -0.4 is 10.6 Å². The lowest BCUT2D eigenvalue weighted by molar-refractivity contribution is -0.151. The van der Waals surface area contributed by atoms with Gasteiger partial charge in [0.05, 0.1) is 41.0 Å². The van der Waals surface area contributed by atoms with E-state index < -0.39 is 66.8 Å². The zero-order valence-electron chi connectivity index (χ0n) is 28.9. The smallest absolute Gasteiger partial charge is 0.338 e. The van der Waals surface area contributed by atoms with Crippen molar-refractivity contribution in [2.75, 3.05) is 37.1 Å². The molecule has 2 N–H and O–H groups in total. The Hall–Kier alpha value is -6.38. The molecule has 1 atom stereocenters. The van der Waals surface area contributed by atoms with Gasteiger partial charge >= 0.3 is 23.9 Å². The molecule has 15 heteroatoms. The van der Waals surface area contributed by atoms with Crippen molar-refractivity contribution >= 4 is 58.9 Å². The van der Waals surface area contributed by atoms with Crippen LogP contribution in [0.3, 0.4) is 0 Å². The van der Waals surface area contributed by atoms with Crippen LogP contribution >= 0.6 is 0 Å². The third-order valence-corrected chi connectivity index (χ3v) is 7.47. The number of carbonyl (C=O) groups excluding carboxylic acids is 8. The molecule has 272 valence electrons. The van der Waals surface area contributed by atoms with Crippen molar-refractivity contribution < 1.29 is 57.3 Å². The minimum atomic E-state index is -1.38. The number of benzene rings is 3. The van der Waals surface area contributed by atoms with E-state index in [4.69, 9.17) is 18.9 Å². The van der Waals surface area contributed by atoms with E-state index in [1.807, 2.05) is 0 Å². The van der Waals surface area contributed by atoms with Crippen molar-refractivity contribution in [2.45, 2.75) is 40.2 Å². The van der Waals surface area contributed by atoms with Gasteiger partial charge in [-0.2, -0.15) is 0 Å². The van der Waals surface area contributed by atoms with Crippen molar-refractivity contribution in [3.05, 3.63) is 94.5 Å². The normalized spacial score (nSPS) is 12.4. The SMILES string of the molecule is CCOC(=O)c1ccc(NC(=O)COC(=O)c2ccc3c(c2)C(=O)N(C(CC(C)C)C(=O)OCC(=O)Nc2ccc(C(=O)OCC)cc2)C3=O)cc1. The molecule has 0 aliphatic carbocycles. The van der Waals surface area contributed by atoms with Gasteiger partial charge in [-0.3, -0.25) is 24.1 Å². The van der Waals surface area contributed by atoms with Crippen LogP contribution in [-0.4, -0.2) is 84.9 Å². The monoisotopic (exact) mass is 715 g/mol. The van der Waals surface area contributed by atoms with Crippen LogP contribution in [0.5, 0.6) is 0 Å². The van der Waals surface area contributed by atoms with Crippen LogP contribution in [0.2, 0.25) is 0 Å². The average Bonchev–Trinajstić information content (AvgIpc) is 3.37. The molecule has 1 unspecified atom stereocenters. The summed E-state index contributed by atoms with van der Waals surface area (Å²) < 4.78 is 20.2. The van der Waals surface area contributed by atoms with Crippen molar-refractivity contribution in [1.29, 1.82) is 0 Å². The lowest BCUT2D eigenvalue weighted by Gasteiger charge is -2.25. The fourth-order valence-electron chi connectivity index (χ4n) is 5.07. The molecule has 4 rings (SSSR count). The Kier molecular flexibility index (Phi) is 12.9. The molecule has 3 aromatic carbocycles. The number of hydrogen-bond donors (Lipinski definition) is 2. The second-order valence-electron chi connectivity index (χ2n) is 11.8. The number of esters is 4. The molecule has 0 aromatic heterocycles. The van der Waals surface area contributed by atoms with Crippen LogP contribution in [-0.2, 0) is 33.3 Å². The maximum absolute atomic E-state index is 13.5. The standard InChI is InChI=1S/C37H37N3O12/c1-5-49-34(45)22-7-12-25(13-8-22)38-30(41)19-51-36(47)24-11-16-27-28(18-24)33(44)40(32(27)43)29(17-21(3)4)37(48)52-20-31(42)39-26-14-9-23(10-15-26)35(46)50-6-2/h7-16,18,21,29H,5-6,17,19-20H2,1-4H3,(H,38,41)(H,39,42). The molecule has 0 saturated carbocycles. The van der Waals surface area contributed by atoms with Crippen LogP contribution in [0.25, 0.3) is 0 Å². The Bertz CT molecular complexity index is 1870. The van der Waals surface area contributed by atoms with Gasteiger partial charge in [0, 0.05) is 11.4 Å². The fourth-order valence-corrected chi connectivity index (χ4v) is 5.07. The van der Waals surface area contributed by atoms with E-state index in [1.54, 1.807) is 27.7 Å². The molecule has 52 heavy (non-hydrogen) atoms. The first-order valence-corrected chi connectivity index (χ1v) is 16.3. The van der Waals surface area contributed by atoms with E-state index in [2.05, 4.69) is 10.6 Å². The summed E-state index contributed by atoms with van der Waals surface area (Å²) in [4.78, 5) is 102. The lowest BCUT2D eigenvalue weighted by atomic mass is 10.0. The molecular weight excluding hydrogens is 678 g/mol. The number of ether oxygens (including phenoxy) is 4. The molecule has 1 aliphatic heterocycles. The van der Waals surface area contributed by atoms with Crippen molar-refractivity contribution in [3.8, 4) is 0 Å². The third-order valence-electron chi connectivity index (χ3n) is 7.47. The van der Waals surface area contributed by atoms with Gasteiger partial charge in [0.1, 0.15) is 6.04 Å². The molecular formula is C37H37N3O12. The number of rotatable bonds is 15. The molecule has 0 fully saturated rings. The predicted octanol–water partition coefficient (Wildman–Crippen LogP) is 4.03. The van der Waals surface area contributed by atoms with E-state index in [0.717, 1.165) is 11.0 Å². The number of fused-ring (bicyclic) bond motifs is 1. The second kappa shape index (κ2) is 17.5. The number of anilines is 2. The van der Waals surface area contributed by atoms with Gasteiger partial charge in [0.15, 0.2) is 13.2 Å². The van der Waals surface area contributed by atoms with Crippen LogP contribution in [0.4, 0.5) is 11.4 Å². The quantitative estimate of drug-likeness (QED) is 0.130.